The molecule has 2 heteroatoms. The molecule has 0 N–H and O–H groups in total. The van der Waals surface area contributed by atoms with Gasteiger partial charge in [-0.25, -0.2) is 0 Å². The second-order valence-electron chi connectivity index (χ2n) is 5.25. The van der Waals surface area contributed by atoms with E-state index in [2.05, 4.69) is 6.92 Å². The molecular weight excluding hydrogens is 188 g/mol. The van der Waals surface area contributed by atoms with Gasteiger partial charge in [0.2, 0.25) is 0 Å². The number of Topliss-reactive ketones (excluding diaryl/α,β-unsaturated/α-hetero) is 1. The van der Waals surface area contributed by atoms with Crippen LogP contribution in [0.5, 0.6) is 0 Å². The van der Waals surface area contributed by atoms with Crippen LogP contribution in [0.3, 0.4) is 0 Å². The summed E-state index contributed by atoms with van der Waals surface area (Å²) in [5.41, 5.74) is -0.193. The van der Waals surface area contributed by atoms with Crippen LogP contribution in [0.1, 0.15) is 46.5 Å². The molecule has 0 aromatic rings. The van der Waals surface area contributed by atoms with E-state index in [1.807, 2.05) is 13.8 Å². The molecule has 0 amide bonds. The molecule has 2 atom stereocenters. The lowest BCUT2D eigenvalue weighted by Crippen LogP contribution is -2.45. The fraction of sp³-hybridized carbons (Fsp3) is 0.923. The maximum absolute atomic E-state index is 12.3. The Kier molecular flexibility index (Phi) is 4.32. The standard InChI is InChI=1S/C13H24O2/c1-10(2)12(14)13(9-15-4)8-6-5-7-11(13)3/h10-11H,5-9H2,1-4H3/t11?,13-/m0/s1. The van der Waals surface area contributed by atoms with Crippen LogP contribution in [-0.4, -0.2) is 19.5 Å². The largest absolute Gasteiger partial charge is 0.384 e. The highest BCUT2D eigenvalue weighted by Gasteiger charge is 2.45. The van der Waals surface area contributed by atoms with Crippen molar-refractivity contribution in [2.45, 2.75) is 46.5 Å². The zero-order valence-electron chi connectivity index (χ0n) is 10.5. The van der Waals surface area contributed by atoms with Crippen molar-refractivity contribution < 1.29 is 9.53 Å². The molecule has 0 bridgehead atoms. The highest BCUT2D eigenvalue weighted by molar-refractivity contribution is 5.87. The summed E-state index contributed by atoms with van der Waals surface area (Å²) < 4.78 is 5.31. The van der Waals surface area contributed by atoms with Crippen LogP contribution in [0.15, 0.2) is 0 Å². The van der Waals surface area contributed by atoms with E-state index in [0.29, 0.717) is 18.3 Å². The molecular formula is C13H24O2. The van der Waals surface area contributed by atoms with Gasteiger partial charge in [-0.1, -0.05) is 33.6 Å². The fourth-order valence-electron chi connectivity index (χ4n) is 2.90. The second-order valence-corrected chi connectivity index (χ2v) is 5.25. The average Bonchev–Trinajstić information content (AvgIpc) is 2.20. The molecule has 1 fully saturated rings. The monoisotopic (exact) mass is 212 g/mol. The first-order valence-electron chi connectivity index (χ1n) is 6.08. The van der Waals surface area contributed by atoms with Crippen LogP contribution in [-0.2, 0) is 9.53 Å². The van der Waals surface area contributed by atoms with E-state index < -0.39 is 0 Å². The first kappa shape index (κ1) is 12.7. The van der Waals surface area contributed by atoms with Crippen molar-refractivity contribution in [2.24, 2.45) is 17.3 Å². The molecule has 2 nitrogen and oxygen atoms in total. The van der Waals surface area contributed by atoms with E-state index in [0.717, 1.165) is 6.42 Å². The molecule has 0 aliphatic heterocycles. The molecule has 1 unspecified atom stereocenters. The van der Waals surface area contributed by atoms with Gasteiger partial charge in [0.25, 0.3) is 0 Å². The van der Waals surface area contributed by atoms with E-state index >= 15 is 0 Å². The van der Waals surface area contributed by atoms with Gasteiger partial charge in [0.05, 0.1) is 12.0 Å². The van der Waals surface area contributed by atoms with Crippen LogP contribution < -0.4 is 0 Å². The van der Waals surface area contributed by atoms with Crippen LogP contribution in [0.25, 0.3) is 0 Å². The van der Waals surface area contributed by atoms with Gasteiger partial charge in [-0.2, -0.15) is 0 Å². The zero-order valence-corrected chi connectivity index (χ0v) is 10.5. The van der Waals surface area contributed by atoms with Crippen LogP contribution in [0.4, 0.5) is 0 Å². The van der Waals surface area contributed by atoms with Crippen molar-refractivity contribution >= 4 is 5.78 Å². The van der Waals surface area contributed by atoms with Crippen molar-refractivity contribution in [3.8, 4) is 0 Å². The molecule has 0 heterocycles. The van der Waals surface area contributed by atoms with Gasteiger partial charge in [-0.15, -0.1) is 0 Å². The summed E-state index contributed by atoms with van der Waals surface area (Å²) in [6.07, 6.45) is 4.62. The SMILES string of the molecule is COC[C@@]1(C(=O)C(C)C)CCCCC1C. The number of ketones is 1. The Hall–Kier alpha value is -0.370. The Morgan fingerprint density at radius 2 is 2.13 bits per heavy atom. The van der Waals surface area contributed by atoms with Crippen LogP contribution >= 0.6 is 0 Å². The summed E-state index contributed by atoms with van der Waals surface area (Å²) in [7, 11) is 1.71. The Labute approximate surface area is 93.4 Å². The second kappa shape index (κ2) is 5.11. The lowest BCUT2D eigenvalue weighted by molar-refractivity contribution is -0.141. The summed E-state index contributed by atoms with van der Waals surface area (Å²) in [6, 6.07) is 0. The Morgan fingerprint density at radius 1 is 1.47 bits per heavy atom. The van der Waals surface area contributed by atoms with Crippen molar-refractivity contribution in [3.63, 3.8) is 0 Å². The van der Waals surface area contributed by atoms with Gasteiger partial charge in [0.1, 0.15) is 5.78 Å². The molecule has 0 radical (unpaired) electrons. The summed E-state index contributed by atoms with van der Waals surface area (Å²) in [4.78, 5) is 12.3. The molecule has 0 spiro atoms. The van der Waals surface area contributed by atoms with Crippen molar-refractivity contribution in [3.05, 3.63) is 0 Å². The Bertz CT molecular complexity index is 219. The molecule has 1 aliphatic carbocycles. The van der Waals surface area contributed by atoms with Crippen LogP contribution in [0, 0.1) is 17.3 Å². The maximum Gasteiger partial charge on any atom is 0.144 e. The van der Waals surface area contributed by atoms with Crippen molar-refractivity contribution in [2.75, 3.05) is 13.7 Å². The van der Waals surface area contributed by atoms with Gasteiger partial charge in [0.15, 0.2) is 0 Å². The molecule has 0 aromatic heterocycles. The number of hydrogen-bond donors (Lipinski definition) is 0. The van der Waals surface area contributed by atoms with E-state index in [-0.39, 0.29) is 11.3 Å². The molecule has 0 saturated heterocycles. The third kappa shape index (κ3) is 2.41. The first-order chi connectivity index (χ1) is 7.04. The first-order valence-corrected chi connectivity index (χ1v) is 6.08. The maximum atomic E-state index is 12.3. The minimum absolute atomic E-state index is 0.126. The normalized spacial score (nSPS) is 31.9. The lowest BCUT2D eigenvalue weighted by Gasteiger charge is -2.42. The Balaban J connectivity index is 2.89. The summed E-state index contributed by atoms with van der Waals surface area (Å²) >= 11 is 0. The molecule has 1 aliphatic rings. The topological polar surface area (TPSA) is 26.3 Å². The summed E-state index contributed by atoms with van der Waals surface area (Å²) in [5, 5.41) is 0. The van der Waals surface area contributed by atoms with E-state index in [1.165, 1.54) is 19.3 Å². The van der Waals surface area contributed by atoms with Gasteiger partial charge < -0.3 is 4.74 Å². The van der Waals surface area contributed by atoms with Gasteiger partial charge in [-0.3, -0.25) is 4.79 Å². The quantitative estimate of drug-likeness (QED) is 0.716. The third-order valence-electron chi connectivity index (χ3n) is 3.87. The summed E-state index contributed by atoms with van der Waals surface area (Å²) in [6.45, 7) is 6.81. The smallest absolute Gasteiger partial charge is 0.144 e. The van der Waals surface area contributed by atoms with Crippen molar-refractivity contribution in [1.29, 1.82) is 0 Å². The highest BCUT2D eigenvalue weighted by atomic mass is 16.5. The fourth-order valence-corrected chi connectivity index (χ4v) is 2.90. The van der Waals surface area contributed by atoms with E-state index in [9.17, 15) is 4.79 Å². The van der Waals surface area contributed by atoms with E-state index in [1.54, 1.807) is 7.11 Å². The number of ether oxygens (including phenoxy) is 1. The zero-order chi connectivity index (χ0) is 11.5. The molecule has 88 valence electrons. The number of carbonyl (C=O) groups is 1. The van der Waals surface area contributed by atoms with E-state index in [4.69, 9.17) is 4.74 Å². The molecule has 1 rings (SSSR count). The highest BCUT2D eigenvalue weighted by Crippen LogP contribution is 2.43. The third-order valence-corrected chi connectivity index (χ3v) is 3.87. The molecule has 15 heavy (non-hydrogen) atoms. The number of rotatable bonds is 4. The lowest BCUT2D eigenvalue weighted by atomic mass is 9.63. The predicted molar refractivity (Wildman–Crippen MR) is 61.8 cm³/mol. The van der Waals surface area contributed by atoms with Gasteiger partial charge in [0, 0.05) is 13.0 Å². The number of methoxy groups -OCH3 is 1. The average molecular weight is 212 g/mol. The molecule has 1 saturated carbocycles. The predicted octanol–water partition coefficient (Wildman–Crippen LogP) is 3.05. The minimum atomic E-state index is -0.193. The van der Waals surface area contributed by atoms with Gasteiger partial charge >= 0.3 is 0 Å². The minimum Gasteiger partial charge on any atom is -0.384 e. The molecule has 0 aromatic carbocycles. The summed E-state index contributed by atoms with van der Waals surface area (Å²) in [5.74, 6) is 0.998. The number of carbonyl (C=O) groups excluding carboxylic acids is 1. The van der Waals surface area contributed by atoms with Gasteiger partial charge in [-0.05, 0) is 18.8 Å². The number of hydrogen-bond acceptors (Lipinski definition) is 2. The van der Waals surface area contributed by atoms with Crippen LogP contribution in [0.2, 0.25) is 0 Å². The van der Waals surface area contributed by atoms with Crippen molar-refractivity contribution in [1.82, 2.24) is 0 Å². The Morgan fingerprint density at radius 3 is 2.60 bits per heavy atom.